The first-order valence-electron chi connectivity index (χ1n) is 7.55. The number of nitrogens with zero attached hydrogens (tertiary/aromatic N) is 3. The molecule has 8 heteroatoms. The Morgan fingerprint density at radius 1 is 1.36 bits per heavy atom. The van der Waals surface area contributed by atoms with E-state index in [1.807, 2.05) is 0 Å². The first kappa shape index (κ1) is 15.5. The molecule has 122 valence electrons. The van der Waals surface area contributed by atoms with Gasteiger partial charge in [-0.1, -0.05) is 12.8 Å². The van der Waals surface area contributed by atoms with Gasteiger partial charge in [0.1, 0.15) is 10.9 Å². The van der Waals surface area contributed by atoms with Crippen LogP contribution in [0.25, 0.3) is 0 Å². The van der Waals surface area contributed by atoms with Crippen LogP contribution in [-0.4, -0.2) is 47.7 Å². The van der Waals surface area contributed by atoms with Gasteiger partial charge in [0, 0.05) is 19.3 Å². The number of carbonyl (C=O) groups is 1. The summed E-state index contributed by atoms with van der Waals surface area (Å²) in [6.45, 7) is 0. The SMILES string of the molecule is COC(=O)[C@@H]1C[C@H]2CCCC[C@H]2N1S(=O)(=O)c1cnn(C)c1. The number of aromatic nitrogens is 2. The third kappa shape index (κ3) is 2.44. The minimum absolute atomic E-state index is 0.108. The van der Waals surface area contributed by atoms with E-state index >= 15 is 0 Å². The smallest absolute Gasteiger partial charge is 0.324 e. The first-order chi connectivity index (χ1) is 10.4. The van der Waals surface area contributed by atoms with E-state index < -0.39 is 22.0 Å². The fourth-order valence-corrected chi connectivity index (χ4v) is 5.61. The van der Waals surface area contributed by atoms with E-state index in [0.717, 1.165) is 25.7 Å². The molecule has 0 spiro atoms. The molecule has 0 amide bonds. The van der Waals surface area contributed by atoms with Crippen molar-refractivity contribution in [2.24, 2.45) is 13.0 Å². The minimum Gasteiger partial charge on any atom is -0.468 e. The number of ether oxygens (including phenoxy) is 1. The van der Waals surface area contributed by atoms with Gasteiger partial charge in [0.05, 0.1) is 13.3 Å². The summed E-state index contributed by atoms with van der Waals surface area (Å²) in [5, 5.41) is 3.94. The highest BCUT2D eigenvalue weighted by Gasteiger charge is 2.51. The van der Waals surface area contributed by atoms with Crippen molar-refractivity contribution in [3.05, 3.63) is 12.4 Å². The summed E-state index contributed by atoms with van der Waals surface area (Å²) in [5.41, 5.74) is 0. The van der Waals surface area contributed by atoms with Gasteiger partial charge in [-0.2, -0.15) is 9.40 Å². The molecule has 0 aromatic carbocycles. The van der Waals surface area contributed by atoms with Gasteiger partial charge < -0.3 is 4.74 Å². The molecule has 0 bridgehead atoms. The van der Waals surface area contributed by atoms with Crippen LogP contribution in [0.2, 0.25) is 0 Å². The second kappa shape index (κ2) is 5.66. The Labute approximate surface area is 130 Å². The molecule has 3 rings (SSSR count). The number of sulfonamides is 1. The van der Waals surface area contributed by atoms with E-state index in [1.165, 1.54) is 28.5 Å². The molecule has 0 unspecified atom stereocenters. The van der Waals surface area contributed by atoms with Crippen molar-refractivity contribution < 1.29 is 17.9 Å². The topological polar surface area (TPSA) is 81.5 Å². The maximum atomic E-state index is 13.0. The summed E-state index contributed by atoms with van der Waals surface area (Å²) in [5.74, 6) is -0.230. The summed E-state index contributed by atoms with van der Waals surface area (Å²) >= 11 is 0. The summed E-state index contributed by atoms with van der Waals surface area (Å²) in [4.78, 5) is 12.2. The average Bonchev–Trinajstić information content (AvgIpc) is 3.10. The molecule has 1 aromatic heterocycles. The second-order valence-electron chi connectivity index (χ2n) is 6.07. The average molecular weight is 327 g/mol. The van der Waals surface area contributed by atoms with Crippen molar-refractivity contribution in [2.45, 2.75) is 49.1 Å². The summed E-state index contributed by atoms with van der Waals surface area (Å²) < 4.78 is 33.7. The number of hydrogen-bond donors (Lipinski definition) is 0. The molecule has 2 aliphatic rings. The number of hydrogen-bond acceptors (Lipinski definition) is 5. The third-order valence-corrected chi connectivity index (χ3v) is 6.65. The van der Waals surface area contributed by atoms with E-state index in [1.54, 1.807) is 7.05 Å². The second-order valence-corrected chi connectivity index (χ2v) is 7.91. The number of fused-ring (bicyclic) bond motifs is 1. The van der Waals surface area contributed by atoms with Crippen molar-refractivity contribution in [1.82, 2.24) is 14.1 Å². The molecule has 0 radical (unpaired) electrons. The van der Waals surface area contributed by atoms with Gasteiger partial charge in [0.2, 0.25) is 10.0 Å². The predicted octanol–water partition coefficient (Wildman–Crippen LogP) is 0.915. The fraction of sp³-hybridized carbons (Fsp3) is 0.714. The van der Waals surface area contributed by atoms with E-state index in [9.17, 15) is 13.2 Å². The molecule has 1 aliphatic carbocycles. The molecule has 3 atom stereocenters. The normalized spacial score (nSPS) is 29.3. The van der Waals surface area contributed by atoms with Crippen molar-refractivity contribution in [3.63, 3.8) is 0 Å². The molecule has 1 aromatic rings. The van der Waals surface area contributed by atoms with Crippen LogP contribution < -0.4 is 0 Å². The van der Waals surface area contributed by atoms with Gasteiger partial charge in [-0.3, -0.25) is 9.48 Å². The number of esters is 1. The maximum absolute atomic E-state index is 13.0. The lowest BCUT2D eigenvalue weighted by Gasteiger charge is -2.31. The van der Waals surface area contributed by atoms with Gasteiger partial charge >= 0.3 is 5.97 Å². The summed E-state index contributed by atoms with van der Waals surface area (Å²) in [6.07, 6.45) is 7.22. The van der Waals surface area contributed by atoms with Crippen LogP contribution in [-0.2, 0) is 26.6 Å². The van der Waals surface area contributed by atoms with Crippen LogP contribution in [0.5, 0.6) is 0 Å². The van der Waals surface area contributed by atoms with E-state index in [0.29, 0.717) is 6.42 Å². The molecule has 1 saturated heterocycles. The molecule has 22 heavy (non-hydrogen) atoms. The lowest BCUT2D eigenvalue weighted by molar-refractivity contribution is -0.144. The van der Waals surface area contributed by atoms with E-state index in [-0.39, 0.29) is 16.9 Å². The van der Waals surface area contributed by atoms with Crippen LogP contribution in [0.3, 0.4) is 0 Å². The van der Waals surface area contributed by atoms with Crippen molar-refractivity contribution in [2.75, 3.05) is 7.11 Å². The van der Waals surface area contributed by atoms with Gasteiger partial charge in [-0.05, 0) is 25.2 Å². The number of aryl methyl sites for hydroxylation is 1. The molecule has 1 aliphatic heterocycles. The summed E-state index contributed by atoms with van der Waals surface area (Å²) in [7, 11) is -0.768. The summed E-state index contributed by atoms with van der Waals surface area (Å²) in [6, 6.07) is -0.827. The standard InChI is InChI=1S/C14H21N3O4S/c1-16-9-11(8-15-16)22(19,20)17-12-6-4-3-5-10(12)7-13(17)14(18)21-2/h8-10,12-13H,3-7H2,1-2H3/t10-,12-,13+/m1/s1. The van der Waals surface area contributed by atoms with Crippen LogP contribution in [0.4, 0.5) is 0 Å². The van der Waals surface area contributed by atoms with Crippen LogP contribution in [0.15, 0.2) is 17.3 Å². The fourth-order valence-electron chi connectivity index (χ4n) is 3.76. The van der Waals surface area contributed by atoms with Crippen LogP contribution in [0.1, 0.15) is 32.1 Å². The van der Waals surface area contributed by atoms with Gasteiger partial charge in [0.15, 0.2) is 0 Å². The van der Waals surface area contributed by atoms with Crippen molar-refractivity contribution >= 4 is 16.0 Å². The Kier molecular flexibility index (Phi) is 3.98. The van der Waals surface area contributed by atoms with Gasteiger partial charge in [-0.25, -0.2) is 8.42 Å². The molecular formula is C14H21N3O4S. The lowest BCUT2D eigenvalue weighted by Crippen LogP contribution is -2.46. The number of methoxy groups -OCH3 is 1. The maximum Gasteiger partial charge on any atom is 0.324 e. The molecule has 7 nitrogen and oxygen atoms in total. The predicted molar refractivity (Wildman–Crippen MR) is 78.4 cm³/mol. The Morgan fingerprint density at radius 2 is 2.09 bits per heavy atom. The number of carbonyl (C=O) groups excluding carboxylic acids is 1. The Bertz CT molecular complexity index is 669. The van der Waals surface area contributed by atoms with Crippen molar-refractivity contribution in [3.8, 4) is 0 Å². The highest BCUT2D eigenvalue weighted by atomic mass is 32.2. The zero-order valence-corrected chi connectivity index (χ0v) is 13.6. The van der Waals surface area contributed by atoms with Gasteiger partial charge in [0.25, 0.3) is 0 Å². The van der Waals surface area contributed by atoms with Crippen LogP contribution in [0, 0.1) is 5.92 Å². The Balaban J connectivity index is 2.01. The highest BCUT2D eigenvalue weighted by Crippen LogP contribution is 2.42. The third-order valence-electron chi connectivity index (χ3n) is 4.76. The first-order valence-corrected chi connectivity index (χ1v) is 8.99. The molecule has 1 saturated carbocycles. The van der Waals surface area contributed by atoms with Crippen molar-refractivity contribution in [1.29, 1.82) is 0 Å². The Hall–Kier alpha value is -1.41. The zero-order valence-electron chi connectivity index (χ0n) is 12.8. The minimum atomic E-state index is -3.74. The largest absolute Gasteiger partial charge is 0.468 e. The van der Waals surface area contributed by atoms with Gasteiger partial charge in [-0.15, -0.1) is 0 Å². The number of rotatable bonds is 3. The van der Waals surface area contributed by atoms with E-state index in [4.69, 9.17) is 4.74 Å². The highest BCUT2D eigenvalue weighted by molar-refractivity contribution is 7.89. The van der Waals surface area contributed by atoms with Crippen LogP contribution >= 0.6 is 0 Å². The molecular weight excluding hydrogens is 306 g/mol. The quantitative estimate of drug-likeness (QED) is 0.771. The zero-order chi connectivity index (χ0) is 15.9. The Morgan fingerprint density at radius 3 is 2.73 bits per heavy atom. The molecule has 2 fully saturated rings. The molecule has 0 N–H and O–H groups in total. The monoisotopic (exact) mass is 327 g/mol. The van der Waals surface area contributed by atoms with E-state index in [2.05, 4.69) is 5.10 Å². The lowest BCUT2D eigenvalue weighted by atomic mass is 9.85. The molecule has 2 heterocycles.